The molecule has 34 heavy (non-hydrogen) atoms. The number of hydrogen-bond acceptors (Lipinski definition) is 5. The molecule has 0 aliphatic heterocycles. The molecule has 1 unspecified atom stereocenters. The van der Waals surface area contributed by atoms with Crippen LogP contribution < -0.4 is 9.96 Å². The maximum atomic E-state index is 14.1. The summed E-state index contributed by atoms with van der Waals surface area (Å²) in [5, 5.41) is 0. The summed E-state index contributed by atoms with van der Waals surface area (Å²) in [5.74, 6) is -1.74. The second-order valence-corrected chi connectivity index (χ2v) is 9.41. The van der Waals surface area contributed by atoms with E-state index in [0.717, 1.165) is 6.07 Å². The van der Waals surface area contributed by atoms with Gasteiger partial charge in [0.15, 0.2) is 5.44 Å². The van der Waals surface area contributed by atoms with E-state index >= 15 is 0 Å². The molecular weight excluding hydrogens is 642 g/mol. The molecule has 0 fully saturated rings. The predicted molar refractivity (Wildman–Crippen MR) is 119 cm³/mol. The van der Waals surface area contributed by atoms with Gasteiger partial charge < -0.3 is 14.4 Å². The Bertz CT molecular complexity index is 1360. The summed E-state index contributed by atoms with van der Waals surface area (Å²) in [7, 11) is -4.25. The van der Waals surface area contributed by atoms with Gasteiger partial charge in [0.2, 0.25) is 0 Å². The second kappa shape index (κ2) is 10.2. The number of benzene rings is 1. The standard InChI is InChI=1S/C24H19F2N3O3P.Pt/c1-24(2,19-11-6-10-18(27-19)17-14-15-21(25)29-23(17)26)20-12-7-13-22(28-20)33(30,31)32-16-8-4-3-5-9-16;/h3-13,15H,1-2H3,(H,30,31);/q-1;. The SMILES string of the molecule is CC(C)(c1cccc(-c2[c-]cc(F)nc2F)n1)c1cccc(P(=O)(O)Oc2ccccc2)n1.[Pt]. The Kier molecular flexibility index (Phi) is 7.76. The maximum absolute atomic E-state index is 14.1. The topological polar surface area (TPSA) is 85.2 Å². The zero-order valence-corrected chi connectivity index (χ0v) is 21.2. The molecule has 0 spiro atoms. The van der Waals surface area contributed by atoms with E-state index in [9.17, 15) is 18.2 Å². The van der Waals surface area contributed by atoms with E-state index in [2.05, 4.69) is 21.0 Å². The molecule has 1 N–H and O–H groups in total. The number of para-hydroxylation sites is 1. The van der Waals surface area contributed by atoms with Crippen molar-refractivity contribution in [1.82, 2.24) is 15.0 Å². The average molecular weight is 661 g/mol. The Labute approximate surface area is 209 Å². The van der Waals surface area contributed by atoms with Gasteiger partial charge >= 0.3 is 7.60 Å². The Morgan fingerprint density at radius 3 is 2.24 bits per heavy atom. The second-order valence-electron chi connectivity index (χ2n) is 7.73. The third-order valence-electron chi connectivity index (χ3n) is 5.03. The van der Waals surface area contributed by atoms with Crippen molar-refractivity contribution >= 4 is 13.0 Å². The molecule has 0 saturated heterocycles. The third-order valence-corrected chi connectivity index (χ3v) is 6.32. The Morgan fingerprint density at radius 1 is 0.912 bits per heavy atom. The van der Waals surface area contributed by atoms with Crippen molar-refractivity contribution in [2.24, 2.45) is 0 Å². The van der Waals surface area contributed by atoms with Gasteiger partial charge in [0, 0.05) is 32.2 Å². The van der Waals surface area contributed by atoms with Crippen LogP contribution in [-0.2, 0) is 31.0 Å². The van der Waals surface area contributed by atoms with Gasteiger partial charge in [0.1, 0.15) is 17.6 Å². The van der Waals surface area contributed by atoms with E-state index in [4.69, 9.17) is 4.52 Å². The number of rotatable bonds is 6. The first-order valence-corrected chi connectivity index (χ1v) is 11.5. The van der Waals surface area contributed by atoms with Crippen molar-refractivity contribution in [2.75, 3.05) is 0 Å². The molecule has 0 bridgehead atoms. The quantitative estimate of drug-likeness (QED) is 0.181. The fourth-order valence-corrected chi connectivity index (χ4v) is 4.22. The summed E-state index contributed by atoms with van der Waals surface area (Å²) in [6.07, 6.45) is 0. The fourth-order valence-electron chi connectivity index (χ4n) is 3.21. The molecule has 6 nitrogen and oxygen atoms in total. The monoisotopic (exact) mass is 661 g/mol. The summed E-state index contributed by atoms with van der Waals surface area (Å²) in [5.41, 5.74) is 0.183. The molecule has 0 radical (unpaired) electrons. The number of aromatic nitrogens is 3. The molecule has 0 aliphatic carbocycles. The smallest absolute Gasteiger partial charge is 0.420 e. The fraction of sp³-hybridized carbons (Fsp3) is 0.125. The Hall–Kier alpha value is -2.79. The molecule has 0 amide bonds. The average Bonchev–Trinajstić information content (AvgIpc) is 2.80. The molecule has 1 atom stereocenters. The van der Waals surface area contributed by atoms with Crippen molar-refractivity contribution < 1.29 is 43.8 Å². The van der Waals surface area contributed by atoms with Gasteiger partial charge in [-0.15, -0.1) is 6.07 Å². The van der Waals surface area contributed by atoms with Crippen LogP contribution in [0.15, 0.2) is 72.8 Å². The third kappa shape index (κ3) is 5.47. The molecule has 0 saturated carbocycles. The van der Waals surface area contributed by atoms with Crippen LogP contribution in [-0.4, -0.2) is 19.8 Å². The zero-order chi connectivity index (χ0) is 23.6. The van der Waals surface area contributed by atoms with E-state index in [-0.39, 0.29) is 43.5 Å². The minimum absolute atomic E-state index is 0. The molecule has 4 aromatic rings. The van der Waals surface area contributed by atoms with Gasteiger partial charge in [-0.1, -0.05) is 48.0 Å². The number of halogens is 2. The van der Waals surface area contributed by atoms with Gasteiger partial charge in [0.25, 0.3) is 0 Å². The summed E-state index contributed by atoms with van der Waals surface area (Å²) in [6, 6.07) is 21.5. The van der Waals surface area contributed by atoms with E-state index in [0.29, 0.717) is 11.4 Å². The van der Waals surface area contributed by atoms with Crippen LogP contribution in [0.25, 0.3) is 11.3 Å². The summed E-state index contributed by atoms with van der Waals surface area (Å²) >= 11 is 0. The largest absolute Gasteiger partial charge is 0.426 e. The minimum atomic E-state index is -4.25. The number of hydrogen-bond donors (Lipinski definition) is 1. The molecule has 0 aliphatic rings. The minimum Gasteiger partial charge on any atom is -0.420 e. The van der Waals surface area contributed by atoms with E-state index in [1.807, 2.05) is 13.8 Å². The normalized spacial score (nSPS) is 13.0. The van der Waals surface area contributed by atoms with Crippen molar-refractivity contribution in [1.29, 1.82) is 0 Å². The maximum Gasteiger partial charge on any atom is 0.426 e. The summed E-state index contributed by atoms with van der Waals surface area (Å²) < 4.78 is 45.5. The van der Waals surface area contributed by atoms with E-state index in [1.165, 1.54) is 6.07 Å². The van der Waals surface area contributed by atoms with Crippen LogP contribution in [0.4, 0.5) is 8.78 Å². The zero-order valence-electron chi connectivity index (χ0n) is 18.1. The summed E-state index contributed by atoms with van der Waals surface area (Å²) in [4.78, 5) is 22.6. The van der Waals surface area contributed by atoms with Gasteiger partial charge in [-0.25, -0.2) is 18.3 Å². The predicted octanol–water partition coefficient (Wildman–Crippen LogP) is 4.83. The van der Waals surface area contributed by atoms with Crippen LogP contribution in [0, 0.1) is 18.0 Å². The summed E-state index contributed by atoms with van der Waals surface area (Å²) in [6.45, 7) is 3.66. The first-order valence-electron chi connectivity index (χ1n) is 9.94. The van der Waals surface area contributed by atoms with Crippen LogP contribution in [0.3, 0.4) is 0 Å². The molecule has 3 aromatic heterocycles. The van der Waals surface area contributed by atoms with Gasteiger partial charge in [0.05, 0.1) is 5.69 Å². The van der Waals surface area contributed by atoms with Crippen molar-refractivity contribution in [3.05, 3.63) is 102 Å². The van der Waals surface area contributed by atoms with Crippen LogP contribution in [0.5, 0.6) is 5.75 Å². The molecule has 4 rings (SSSR count). The Balaban J connectivity index is 0.00000324. The molecule has 1 aromatic carbocycles. The Morgan fingerprint density at radius 2 is 1.56 bits per heavy atom. The molecular formula is C24H19F2N3O3PPt-. The number of pyridine rings is 3. The van der Waals surface area contributed by atoms with Crippen LogP contribution >= 0.6 is 7.60 Å². The van der Waals surface area contributed by atoms with Gasteiger partial charge in [-0.05, 0) is 49.9 Å². The number of nitrogens with zero attached hydrogens (tertiary/aromatic N) is 3. The molecule has 178 valence electrons. The van der Waals surface area contributed by atoms with Crippen LogP contribution in [0.2, 0.25) is 0 Å². The van der Waals surface area contributed by atoms with Crippen molar-refractivity contribution in [3.63, 3.8) is 0 Å². The van der Waals surface area contributed by atoms with Gasteiger partial charge in [-0.3, -0.25) is 4.98 Å². The first-order chi connectivity index (χ1) is 15.7. The van der Waals surface area contributed by atoms with Crippen molar-refractivity contribution in [3.8, 4) is 17.0 Å². The molecule has 3 heterocycles. The van der Waals surface area contributed by atoms with E-state index in [1.54, 1.807) is 60.7 Å². The van der Waals surface area contributed by atoms with E-state index < -0.39 is 24.9 Å². The van der Waals surface area contributed by atoms with Crippen LogP contribution in [0.1, 0.15) is 25.2 Å². The molecule has 10 heteroatoms. The van der Waals surface area contributed by atoms with Gasteiger partial charge in [-0.2, -0.15) is 0 Å². The first kappa shape index (κ1) is 25.8. The van der Waals surface area contributed by atoms with Crippen molar-refractivity contribution in [2.45, 2.75) is 19.3 Å².